The van der Waals surface area contributed by atoms with E-state index in [9.17, 15) is 12.8 Å². The van der Waals surface area contributed by atoms with Crippen LogP contribution in [0.5, 0.6) is 0 Å². The first-order valence-electron chi connectivity index (χ1n) is 10.6. The molecule has 31 heavy (non-hydrogen) atoms. The quantitative estimate of drug-likeness (QED) is 0.505. The Hall–Kier alpha value is -2.45. The molecule has 1 aliphatic heterocycles. The number of halogens is 1. The second-order valence-electron chi connectivity index (χ2n) is 7.79. The van der Waals surface area contributed by atoms with Crippen LogP contribution in [-0.4, -0.2) is 57.8 Å². The third-order valence-electron chi connectivity index (χ3n) is 5.76. The molecule has 0 aliphatic carbocycles. The highest BCUT2D eigenvalue weighted by molar-refractivity contribution is 7.91. The molecule has 1 fully saturated rings. The van der Waals surface area contributed by atoms with E-state index >= 15 is 0 Å². The van der Waals surface area contributed by atoms with Gasteiger partial charge in [0.05, 0.1) is 5.75 Å². The minimum Gasteiger partial charge on any atom is -0.355 e. The summed E-state index contributed by atoms with van der Waals surface area (Å²) in [5, 5.41) is 6.43. The van der Waals surface area contributed by atoms with E-state index in [4.69, 9.17) is 0 Å². The standard InChI is InChI=1S/C23H31FN4O2S/c1-18(19-8-4-3-5-9-19)28-15-12-20(13-16-28)27-23(25-2)26-14-17-31(29,30)22-11-7-6-10-21(22)24/h3-11,18,20H,12-17H2,1-2H3,(H2,25,26,27). The smallest absolute Gasteiger partial charge is 0.191 e. The number of piperidine rings is 1. The molecule has 168 valence electrons. The SMILES string of the molecule is CN=C(NCCS(=O)(=O)c1ccccc1F)NC1CCN(C(C)c2ccccc2)CC1. The molecular weight excluding hydrogens is 415 g/mol. The van der Waals surface area contributed by atoms with E-state index in [0.717, 1.165) is 32.0 Å². The second kappa shape index (κ2) is 10.7. The predicted molar refractivity (Wildman–Crippen MR) is 122 cm³/mol. The average Bonchev–Trinajstić information content (AvgIpc) is 2.79. The monoisotopic (exact) mass is 446 g/mol. The van der Waals surface area contributed by atoms with Crippen molar-refractivity contribution < 1.29 is 12.8 Å². The van der Waals surface area contributed by atoms with Crippen LogP contribution in [0, 0.1) is 5.82 Å². The molecule has 2 N–H and O–H groups in total. The van der Waals surface area contributed by atoms with Crippen LogP contribution in [0.1, 0.15) is 31.4 Å². The van der Waals surface area contributed by atoms with E-state index in [1.807, 2.05) is 6.07 Å². The molecule has 1 atom stereocenters. The predicted octanol–water partition coefficient (Wildman–Crippen LogP) is 2.99. The largest absolute Gasteiger partial charge is 0.355 e. The van der Waals surface area contributed by atoms with E-state index in [1.165, 1.54) is 23.8 Å². The number of nitrogens with one attached hydrogen (secondary N) is 2. The zero-order valence-electron chi connectivity index (χ0n) is 18.1. The van der Waals surface area contributed by atoms with Gasteiger partial charge in [-0.2, -0.15) is 0 Å². The summed E-state index contributed by atoms with van der Waals surface area (Å²) >= 11 is 0. The van der Waals surface area contributed by atoms with Crippen LogP contribution in [0.3, 0.4) is 0 Å². The minimum absolute atomic E-state index is 0.153. The Kier molecular flexibility index (Phi) is 8.03. The molecule has 0 aromatic heterocycles. The first-order valence-corrected chi connectivity index (χ1v) is 12.3. The maximum absolute atomic E-state index is 13.8. The van der Waals surface area contributed by atoms with Gasteiger partial charge in [0, 0.05) is 38.8 Å². The van der Waals surface area contributed by atoms with Gasteiger partial charge < -0.3 is 10.6 Å². The number of guanidine groups is 1. The van der Waals surface area contributed by atoms with Crippen molar-refractivity contribution in [3.63, 3.8) is 0 Å². The van der Waals surface area contributed by atoms with Crippen molar-refractivity contribution in [2.45, 2.75) is 36.7 Å². The second-order valence-corrected chi connectivity index (χ2v) is 9.87. The third kappa shape index (κ3) is 6.27. The number of aliphatic imine (C=N–C) groups is 1. The molecule has 0 amide bonds. The first-order chi connectivity index (χ1) is 14.9. The van der Waals surface area contributed by atoms with Crippen molar-refractivity contribution in [3.05, 3.63) is 66.0 Å². The normalized spacial score (nSPS) is 17.3. The lowest BCUT2D eigenvalue weighted by atomic mass is 10.0. The van der Waals surface area contributed by atoms with Gasteiger partial charge in [0.1, 0.15) is 10.7 Å². The van der Waals surface area contributed by atoms with Gasteiger partial charge >= 0.3 is 0 Å². The molecule has 0 spiro atoms. The summed E-state index contributed by atoms with van der Waals surface area (Å²) in [5.41, 5.74) is 1.32. The summed E-state index contributed by atoms with van der Waals surface area (Å²) in [6.45, 7) is 4.35. The van der Waals surface area contributed by atoms with Gasteiger partial charge in [-0.3, -0.25) is 9.89 Å². The highest BCUT2D eigenvalue weighted by atomic mass is 32.2. The highest BCUT2D eigenvalue weighted by Gasteiger charge is 2.24. The van der Waals surface area contributed by atoms with E-state index in [-0.39, 0.29) is 23.2 Å². The molecule has 8 heteroatoms. The summed E-state index contributed by atoms with van der Waals surface area (Å²) in [4.78, 5) is 6.42. The maximum atomic E-state index is 13.8. The summed E-state index contributed by atoms with van der Waals surface area (Å²) in [6, 6.07) is 16.6. The molecule has 2 aromatic rings. The number of hydrogen-bond donors (Lipinski definition) is 2. The Morgan fingerprint density at radius 1 is 1.13 bits per heavy atom. The van der Waals surface area contributed by atoms with Crippen molar-refractivity contribution in [2.75, 3.05) is 32.4 Å². The van der Waals surface area contributed by atoms with Gasteiger partial charge in [0.25, 0.3) is 0 Å². The molecule has 1 aliphatic rings. The van der Waals surface area contributed by atoms with Crippen LogP contribution in [0.15, 0.2) is 64.5 Å². The van der Waals surface area contributed by atoms with Gasteiger partial charge in [0.2, 0.25) is 0 Å². The maximum Gasteiger partial charge on any atom is 0.191 e. The number of nitrogens with zero attached hydrogens (tertiary/aromatic N) is 2. The first kappa shape index (κ1) is 23.2. The van der Waals surface area contributed by atoms with Crippen molar-refractivity contribution in [3.8, 4) is 0 Å². The lowest BCUT2D eigenvalue weighted by molar-refractivity contribution is 0.158. The number of likely N-dealkylation sites (tertiary alicyclic amines) is 1. The fraction of sp³-hybridized carbons (Fsp3) is 0.435. The number of rotatable bonds is 7. The van der Waals surface area contributed by atoms with Crippen LogP contribution < -0.4 is 10.6 Å². The molecule has 0 radical (unpaired) electrons. The van der Waals surface area contributed by atoms with E-state index in [1.54, 1.807) is 7.05 Å². The van der Waals surface area contributed by atoms with Crippen molar-refractivity contribution >= 4 is 15.8 Å². The Bertz CT molecular complexity index is 974. The highest BCUT2D eigenvalue weighted by Crippen LogP contribution is 2.24. The number of hydrogen-bond acceptors (Lipinski definition) is 4. The summed E-state index contributed by atoms with van der Waals surface area (Å²) in [6.07, 6.45) is 1.96. The fourth-order valence-electron chi connectivity index (χ4n) is 3.87. The van der Waals surface area contributed by atoms with Crippen molar-refractivity contribution in [1.82, 2.24) is 15.5 Å². The average molecular weight is 447 g/mol. The fourth-order valence-corrected chi connectivity index (χ4v) is 5.11. The van der Waals surface area contributed by atoms with E-state index in [0.29, 0.717) is 12.0 Å². The lowest BCUT2D eigenvalue weighted by Crippen LogP contribution is -2.49. The van der Waals surface area contributed by atoms with Crippen LogP contribution >= 0.6 is 0 Å². The van der Waals surface area contributed by atoms with Crippen LogP contribution in [0.25, 0.3) is 0 Å². The molecular formula is C23H31FN4O2S. The minimum atomic E-state index is -3.70. The van der Waals surface area contributed by atoms with Crippen LogP contribution in [0.2, 0.25) is 0 Å². The molecule has 6 nitrogen and oxygen atoms in total. The Morgan fingerprint density at radius 3 is 2.42 bits per heavy atom. The van der Waals surface area contributed by atoms with Crippen LogP contribution in [0.4, 0.5) is 4.39 Å². The number of benzene rings is 2. The Labute approximate surface area is 184 Å². The Morgan fingerprint density at radius 2 is 1.77 bits per heavy atom. The topological polar surface area (TPSA) is 73.8 Å². The van der Waals surface area contributed by atoms with Gasteiger partial charge in [-0.05, 0) is 37.5 Å². The van der Waals surface area contributed by atoms with Crippen LogP contribution in [-0.2, 0) is 9.84 Å². The van der Waals surface area contributed by atoms with Gasteiger partial charge in [-0.1, -0.05) is 42.5 Å². The number of sulfone groups is 1. The molecule has 0 bridgehead atoms. The zero-order chi connectivity index (χ0) is 22.3. The zero-order valence-corrected chi connectivity index (χ0v) is 18.9. The summed E-state index contributed by atoms with van der Waals surface area (Å²) in [5.74, 6) is -0.360. The lowest BCUT2D eigenvalue weighted by Gasteiger charge is -2.37. The third-order valence-corrected chi connectivity index (χ3v) is 7.50. The summed E-state index contributed by atoms with van der Waals surface area (Å²) < 4.78 is 38.6. The van der Waals surface area contributed by atoms with Gasteiger partial charge in [0.15, 0.2) is 15.8 Å². The van der Waals surface area contributed by atoms with E-state index < -0.39 is 15.7 Å². The summed E-state index contributed by atoms with van der Waals surface area (Å²) in [7, 11) is -2.04. The molecule has 3 rings (SSSR count). The molecule has 2 aromatic carbocycles. The Balaban J connectivity index is 1.45. The molecule has 0 saturated carbocycles. The van der Waals surface area contributed by atoms with Crippen molar-refractivity contribution in [2.24, 2.45) is 4.99 Å². The van der Waals surface area contributed by atoms with E-state index in [2.05, 4.69) is 51.7 Å². The van der Waals surface area contributed by atoms with Gasteiger partial charge in [-0.25, -0.2) is 12.8 Å². The van der Waals surface area contributed by atoms with Crippen molar-refractivity contribution in [1.29, 1.82) is 0 Å². The van der Waals surface area contributed by atoms with Gasteiger partial charge in [-0.15, -0.1) is 0 Å². The molecule has 1 unspecified atom stereocenters. The molecule has 1 heterocycles. The molecule has 1 saturated heterocycles.